The molecule has 0 bridgehead atoms. The Balaban J connectivity index is 1.37. The van der Waals surface area contributed by atoms with Crippen molar-refractivity contribution in [3.8, 4) is 0 Å². The van der Waals surface area contributed by atoms with Crippen LogP contribution in [0.25, 0.3) is 0 Å². The number of nitrogens with one attached hydrogen (secondary N) is 2. The third kappa shape index (κ3) is 9.79. The van der Waals surface area contributed by atoms with Crippen molar-refractivity contribution < 1.29 is 28.3 Å². The zero-order valence-corrected chi connectivity index (χ0v) is 33.2. The lowest BCUT2D eigenvalue weighted by atomic mass is 9.81. The topological polar surface area (TPSA) is 102 Å². The summed E-state index contributed by atoms with van der Waals surface area (Å²) in [5.74, 6) is -2.78. The fraction of sp³-hybridized carbons (Fsp3) is 0.426. The van der Waals surface area contributed by atoms with Gasteiger partial charge in [0, 0.05) is 25.6 Å². The van der Waals surface area contributed by atoms with Gasteiger partial charge >= 0.3 is 0 Å². The second kappa shape index (κ2) is 19.0. The van der Waals surface area contributed by atoms with E-state index in [1.54, 1.807) is 4.90 Å². The highest BCUT2D eigenvalue weighted by Gasteiger charge is 2.53. The maximum atomic E-state index is 14.9. The van der Waals surface area contributed by atoms with Crippen LogP contribution in [0.3, 0.4) is 0 Å². The Morgan fingerprint density at radius 2 is 1.46 bits per heavy atom. The Morgan fingerprint density at radius 1 is 0.860 bits per heavy atom. The minimum atomic E-state index is -1.16. The lowest BCUT2D eigenvalue weighted by molar-refractivity contribution is -0.144. The first-order valence-corrected chi connectivity index (χ1v) is 20.4. The van der Waals surface area contributed by atoms with Gasteiger partial charge in [-0.05, 0) is 85.4 Å². The van der Waals surface area contributed by atoms with E-state index in [4.69, 9.17) is 0 Å². The van der Waals surface area contributed by atoms with Gasteiger partial charge in [-0.15, -0.1) is 0 Å². The molecule has 0 spiro atoms. The van der Waals surface area contributed by atoms with Crippen LogP contribution in [0.2, 0.25) is 0 Å². The van der Waals surface area contributed by atoms with Crippen molar-refractivity contribution in [2.24, 2.45) is 5.92 Å². The quantitative estimate of drug-likeness (QED) is 0.112. The zero-order chi connectivity index (χ0) is 40.5. The molecule has 6 atom stereocenters. The van der Waals surface area contributed by atoms with Crippen molar-refractivity contribution in [1.82, 2.24) is 20.4 Å². The van der Waals surface area contributed by atoms with Crippen molar-refractivity contribution in [3.05, 3.63) is 143 Å². The molecule has 57 heavy (non-hydrogen) atoms. The number of carbonyl (C=O) groups excluding carboxylic acids is 3. The molecule has 8 nitrogen and oxygen atoms in total. The molecule has 10 heteroatoms. The number of rotatable bonds is 16. The highest BCUT2D eigenvalue weighted by molar-refractivity contribution is 5.96. The van der Waals surface area contributed by atoms with E-state index in [9.17, 15) is 28.3 Å². The Kier molecular flexibility index (Phi) is 13.9. The number of aliphatic hydroxyl groups excluding tert-OH is 1. The summed E-state index contributed by atoms with van der Waals surface area (Å²) < 4.78 is 29.3. The molecular formula is C47H56F2N4O4. The molecule has 0 saturated carbocycles. The predicted octanol–water partition coefficient (Wildman–Crippen LogP) is 7.15. The van der Waals surface area contributed by atoms with Gasteiger partial charge < -0.3 is 20.6 Å². The number of aliphatic hydroxyl groups is 1. The van der Waals surface area contributed by atoms with Gasteiger partial charge in [0.15, 0.2) is 0 Å². The third-order valence-electron chi connectivity index (χ3n) is 12.1. The van der Waals surface area contributed by atoms with E-state index < -0.39 is 47.3 Å². The number of amides is 3. The number of likely N-dealkylation sites (tertiary alicyclic amines) is 2. The lowest BCUT2D eigenvalue weighted by Crippen LogP contribution is -2.62. The van der Waals surface area contributed by atoms with Crippen LogP contribution >= 0.6 is 0 Å². The summed E-state index contributed by atoms with van der Waals surface area (Å²) in [4.78, 5) is 45.8. The SMILES string of the molecule is CC[C@@H](C)C1(NC(C)=O)CCN(C(CCc2ccccc2)C(=O)N[C@@H](Cc2cc(F)cc(F)c2)[C@H](O)C2CCCCN2C(c2ccccc2)c2ccccc2)C1=O. The van der Waals surface area contributed by atoms with Gasteiger partial charge in [-0.3, -0.25) is 19.3 Å². The number of hydrogen-bond acceptors (Lipinski definition) is 5. The van der Waals surface area contributed by atoms with Crippen LogP contribution in [-0.4, -0.2) is 75.5 Å². The van der Waals surface area contributed by atoms with Crippen LogP contribution in [0.1, 0.15) is 87.6 Å². The molecule has 0 aliphatic carbocycles. The monoisotopic (exact) mass is 778 g/mol. The molecule has 4 aromatic rings. The average Bonchev–Trinajstić information content (AvgIpc) is 3.53. The van der Waals surface area contributed by atoms with E-state index in [1.165, 1.54) is 19.1 Å². The van der Waals surface area contributed by atoms with Crippen LogP contribution in [0.5, 0.6) is 0 Å². The van der Waals surface area contributed by atoms with Gasteiger partial charge in [-0.2, -0.15) is 0 Å². The fourth-order valence-electron chi connectivity index (χ4n) is 9.09. The van der Waals surface area contributed by atoms with Crippen LogP contribution in [-0.2, 0) is 27.2 Å². The first-order chi connectivity index (χ1) is 27.5. The summed E-state index contributed by atoms with van der Waals surface area (Å²) in [6.07, 6.45) is 2.97. The number of piperidine rings is 1. The summed E-state index contributed by atoms with van der Waals surface area (Å²) in [5, 5.41) is 18.7. The molecule has 0 aromatic heterocycles. The van der Waals surface area contributed by atoms with Crippen molar-refractivity contribution in [3.63, 3.8) is 0 Å². The van der Waals surface area contributed by atoms with E-state index in [-0.39, 0.29) is 43.2 Å². The minimum absolute atomic E-state index is 0.0463. The minimum Gasteiger partial charge on any atom is -0.389 e. The highest BCUT2D eigenvalue weighted by atomic mass is 19.1. The Bertz CT molecular complexity index is 1890. The van der Waals surface area contributed by atoms with Crippen molar-refractivity contribution >= 4 is 17.7 Å². The highest BCUT2D eigenvalue weighted by Crippen LogP contribution is 2.37. The number of benzene rings is 4. The summed E-state index contributed by atoms with van der Waals surface area (Å²) >= 11 is 0. The van der Waals surface area contributed by atoms with Gasteiger partial charge in [0.05, 0.1) is 18.2 Å². The molecule has 2 saturated heterocycles. The van der Waals surface area contributed by atoms with Crippen molar-refractivity contribution in [2.75, 3.05) is 13.1 Å². The van der Waals surface area contributed by atoms with E-state index in [1.807, 2.05) is 80.6 Å². The second-order valence-corrected chi connectivity index (χ2v) is 15.9. The molecule has 3 unspecified atom stereocenters. The fourth-order valence-corrected chi connectivity index (χ4v) is 9.09. The van der Waals surface area contributed by atoms with E-state index in [2.05, 4.69) is 39.8 Å². The van der Waals surface area contributed by atoms with E-state index >= 15 is 0 Å². The Labute approximate surface area is 335 Å². The first kappa shape index (κ1) is 41.7. The van der Waals surface area contributed by atoms with Crippen LogP contribution in [0, 0.1) is 17.6 Å². The number of carbonyl (C=O) groups is 3. The van der Waals surface area contributed by atoms with E-state index in [0.29, 0.717) is 37.8 Å². The predicted molar refractivity (Wildman–Crippen MR) is 218 cm³/mol. The molecular weight excluding hydrogens is 723 g/mol. The molecule has 2 heterocycles. The zero-order valence-electron chi connectivity index (χ0n) is 33.2. The third-order valence-corrected chi connectivity index (χ3v) is 12.1. The van der Waals surface area contributed by atoms with Crippen LogP contribution in [0.4, 0.5) is 8.78 Å². The smallest absolute Gasteiger partial charge is 0.249 e. The molecule has 4 aromatic carbocycles. The summed E-state index contributed by atoms with van der Waals surface area (Å²) in [6.45, 7) is 6.25. The largest absolute Gasteiger partial charge is 0.389 e. The molecule has 0 radical (unpaired) electrons. The van der Waals surface area contributed by atoms with Gasteiger partial charge in [-0.25, -0.2) is 8.78 Å². The van der Waals surface area contributed by atoms with E-state index in [0.717, 1.165) is 35.6 Å². The first-order valence-electron chi connectivity index (χ1n) is 20.4. The van der Waals surface area contributed by atoms with Gasteiger partial charge in [0.2, 0.25) is 17.7 Å². The number of aryl methyl sites for hydroxylation is 1. The van der Waals surface area contributed by atoms with Gasteiger partial charge in [-0.1, -0.05) is 118 Å². The van der Waals surface area contributed by atoms with Crippen LogP contribution in [0.15, 0.2) is 109 Å². The standard InChI is InChI=1S/C47H56F2N4O4/c1-4-32(2)47(51-33(3)54)25-27-53(46(47)57)42(24-23-34-16-8-5-9-17-34)45(56)50-40(30-35-28-38(48)31-39(49)29-35)44(55)41-22-14-15-26-52(41)43(36-18-10-6-11-19-36)37-20-12-7-13-21-37/h5-13,16-21,28-29,31-32,40-44,55H,4,14-15,22-27,30H2,1-3H3,(H,50,56)(H,51,54)/t32-,40+,41?,42?,44+,47?/m1/s1. The summed E-state index contributed by atoms with van der Waals surface area (Å²) in [5.41, 5.74) is 2.26. The maximum Gasteiger partial charge on any atom is 0.249 e. The molecule has 6 rings (SSSR count). The van der Waals surface area contributed by atoms with Crippen molar-refractivity contribution in [2.45, 2.75) is 108 Å². The number of hydrogen-bond donors (Lipinski definition) is 3. The normalized spacial score (nSPS) is 20.9. The Hall–Kier alpha value is -4.93. The number of halogens is 2. The average molecular weight is 779 g/mol. The Morgan fingerprint density at radius 3 is 2.04 bits per heavy atom. The molecule has 3 N–H and O–H groups in total. The summed E-state index contributed by atoms with van der Waals surface area (Å²) in [7, 11) is 0. The van der Waals surface area contributed by atoms with Gasteiger partial charge in [0.25, 0.3) is 0 Å². The number of nitrogens with zero attached hydrogens (tertiary/aromatic N) is 2. The second-order valence-electron chi connectivity index (χ2n) is 15.9. The molecule has 2 aliphatic rings. The lowest BCUT2D eigenvalue weighted by Gasteiger charge is -2.45. The molecule has 3 amide bonds. The molecule has 2 aliphatic heterocycles. The maximum absolute atomic E-state index is 14.9. The molecule has 302 valence electrons. The summed E-state index contributed by atoms with van der Waals surface area (Å²) in [6, 6.07) is 30.7. The van der Waals surface area contributed by atoms with Gasteiger partial charge in [0.1, 0.15) is 23.2 Å². The molecule has 2 fully saturated rings. The van der Waals surface area contributed by atoms with Crippen molar-refractivity contribution in [1.29, 1.82) is 0 Å². The van der Waals surface area contributed by atoms with Crippen LogP contribution < -0.4 is 10.6 Å².